The molecule has 1 aromatic rings. The summed E-state index contributed by atoms with van der Waals surface area (Å²) >= 11 is 0. The summed E-state index contributed by atoms with van der Waals surface area (Å²) in [6, 6.07) is -0.0378. The number of rotatable bonds is 4. The summed E-state index contributed by atoms with van der Waals surface area (Å²) in [5.74, 6) is 0.447. The number of hydrogen-bond donors (Lipinski definition) is 1. The molecule has 7 heteroatoms. The van der Waals surface area contributed by atoms with Gasteiger partial charge in [0.1, 0.15) is 0 Å². The lowest BCUT2D eigenvalue weighted by molar-refractivity contribution is 0.484. The molecule has 1 atom stereocenters. The molecule has 0 radical (unpaired) electrons. The second kappa shape index (κ2) is 4.50. The Morgan fingerprint density at radius 2 is 2.38 bits per heavy atom. The molecule has 0 bridgehead atoms. The highest BCUT2D eigenvalue weighted by Gasteiger charge is 2.29. The first-order valence-electron chi connectivity index (χ1n) is 5.42. The van der Waals surface area contributed by atoms with E-state index in [-0.39, 0.29) is 17.5 Å². The van der Waals surface area contributed by atoms with Gasteiger partial charge in [-0.1, -0.05) is 5.21 Å². The van der Waals surface area contributed by atoms with E-state index in [9.17, 15) is 8.42 Å². The normalized spacial score (nSPS) is 23.7. The first-order valence-corrected chi connectivity index (χ1v) is 7.24. The van der Waals surface area contributed by atoms with Gasteiger partial charge < -0.3 is 5.73 Å². The van der Waals surface area contributed by atoms with Crippen molar-refractivity contribution in [2.24, 2.45) is 5.73 Å². The van der Waals surface area contributed by atoms with Crippen LogP contribution < -0.4 is 5.73 Å². The van der Waals surface area contributed by atoms with Crippen LogP contribution in [0, 0.1) is 0 Å². The zero-order chi connectivity index (χ0) is 11.6. The molecule has 6 nitrogen and oxygen atoms in total. The van der Waals surface area contributed by atoms with E-state index < -0.39 is 9.84 Å². The molecule has 2 heterocycles. The predicted octanol–water partition coefficient (Wildman–Crippen LogP) is -0.471. The van der Waals surface area contributed by atoms with Gasteiger partial charge in [0.25, 0.3) is 0 Å². The van der Waals surface area contributed by atoms with Gasteiger partial charge in [0.2, 0.25) is 0 Å². The Kier molecular flexibility index (Phi) is 3.25. The third-order valence-electron chi connectivity index (χ3n) is 2.78. The fraction of sp³-hybridized carbons (Fsp3) is 0.778. The molecule has 0 saturated carbocycles. The highest BCUT2D eigenvalue weighted by molar-refractivity contribution is 7.91. The summed E-state index contributed by atoms with van der Waals surface area (Å²) in [5, 5.41) is 7.99. The van der Waals surface area contributed by atoms with Gasteiger partial charge in [0.15, 0.2) is 9.84 Å². The van der Waals surface area contributed by atoms with E-state index >= 15 is 0 Å². The van der Waals surface area contributed by atoms with Crippen molar-refractivity contribution in [1.29, 1.82) is 0 Å². The third kappa shape index (κ3) is 2.59. The molecule has 1 unspecified atom stereocenters. The van der Waals surface area contributed by atoms with Crippen molar-refractivity contribution in [1.82, 2.24) is 15.0 Å². The van der Waals surface area contributed by atoms with Crippen LogP contribution in [0.4, 0.5) is 0 Å². The van der Waals surface area contributed by atoms with E-state index in [2.05, 4.69) is 10.3 Å². The molecule has 0 aliphatic carbocycles. The van der Waals surface area contributed by atoms with Crippen molar-refractivity contribution in [3.63, 3.8) is 0 Å². The number of sulfone groups is 1. The highest BCUT2D eigenvalue weighted by atomic mass is 32.2. The van der Waals surface area contributed by atoms with E-state index in [0.29, 0.717) is 13.0 Å². The van der Waals surface area contributed by atoms with E-state index in [0.717, 1.165) is 18.5 Å². The molecule has 1 aliphatic heterocycles. The van der Waals surface area contributed by atoms with Crippen molar-refractivity contribution in [3.05, 3.63) is 11.9 Å². The Hall–Kier alpha value is -0.950. The SMILES string of the molecule is NCCCc1cn(C2CCS(=O)(=O)C2)nn1. The summed E-state index contributed by atoms with van der Waals surface area (Å²) in [6.07, 6.45) is 4.15. The smallest absolute Gasteiger partial charge is 0.152 e. The number of hydrogen-bond acceptors (Lipinski definition) is 5. The molecule has 1 saturated heterocycles. The summed E-state index contributed by atoms with van der Waals surface area (Å²) in [7, 11) is -2.86. The molecule has 2 rings (SSSR count). The maximum Gasteiger partial charge on any atom is 0.152 e. The maximum absolute atomic E-state index is 11.3. The molecule has 0 spiro atoms. The van der Waals surface area contributed by atoms with Gasteiger partial charge in [-0.25, -0.2) is 13.1 Å². The second-order valence-corrected chi connectivity index (χ2v) is 6.37. The lowest BCUT2D eigenvalue weighted by atomic mass is 10.2. The minimum absolute atomic E-state index is 0.0378. The molecule has 90 valence electrons. The Morgan fingerprint density at radius 1 is 1.56 bits per heavy atom. The van der Waals surface area contributed by atoms with Crippen LogP contribution >= 0.6 is 0 Å². The van der Waals surface area contributed by atoms with E-state index in [1.54, 1.807) is 4.68 Å². The average molecular weight is 244 g/mol. The van der Waals surface area contributed by atoms with Crippen LogP contribution in [0.2, 0.25) is 0 Å². The summed E-state index contributed by atoms with van der Waals surface area (Å²) < 4.78 is 24.3. The molecular formula is C9H16N4O2S. The highest BCUT2D eigenvalue weighted by Crippen LogP contribution is 2.22. The molecule has 2 N–H and O–H groups in total. The van der Waals surface area contributed by atoms with Crippen molar-refractivity contribution < 1.29 is 8.42 Å². The third-order valence-corrected chi connectivity index (χ3v) is 4.53. The first-order chi connectivity index (χ1) is 7.61. The van der Waals surface area contributed by atoms with Gasteiger partial charge in [-0.15, -0.1) is 5.10 Å². The van der Waals surface area contributed by atoms with Crippen LogP contribution in [0.15, 0.2) is 6.20 Å². The lowest BCUT2D eigenvalue weighted by Gasteiger charge is -2.05. The monoisotopic (exact) mass is 244 g/mol. The molecule has 1 fully saturated rings. The predicted molar refractivity (Wildman–Crippen MR) is 59.7 cm³/mol. The van der Waals surface area contributed by atoms with Gasteiger partial charge in [0.05, 0.1) is 23.2 Å². The minimum Gasteiger partial charge on any atom is -0.330 e. The zero-order valence-electron chi connectivity index (χ0n) is 9.04. The second-order valence-electron chi connectivity index (χ2n) is 4.14. The molecule has 1 aromatic heterocycles. The van der Waals surface area contributed by atoms with Crippen molar-refractivity contribution in [3.8, 4) is 0 Å². The molecule has 16 heavy (non-hydrogen) atoms. The topological polar surface area (TPSA) is 90.9 Å². The molecule has 0 amide bonds. The standard InChI is InChI=1S/C9H16N4O2S/c10-4-1-2-8-6-13(12-11-8)9-3-5-16(14,15)7-9/h6,9H,1-5,7,10H2. The first kappa shape index (κ1) is 11.5. The Balaban J connectivity index is 2.02. The lowest BCUT2D eigenvalue weighted by Crippen LogP contribution is -2.11. The number of aryl methyl sites for hydroxylation is 1. The van der Waals surface area contributed by atoms with Crippen molar-refractivity contribution in [2.45, 2.75) is 25.3 Å². The van der Waals surface area contributed by atoms with Crippen LogP contribution in [0.5, 0.6) is 0 Å². The van der Waals surface area contributed by atoms with Gasteiger partial charge in [-0.3, -0.25) is 0 Å². The zero-order valence-corrected chi connectivity index (χ0v) is 9.86. The van der Waals surface area contributed by atoms with E-state index in [4.69, 9.17) is 5.73 Å². The minimum atomic E-state index is -2.86. The maximum atomic E-state index is 11.3. The Labute approximate surface area is 94.7 Å². The fourth-order valence-electron chi connectivity index (χ4n) is 1.87. The van der Waals surface area contributed by atoms with Crippen LogP contribution in [-0.4, -0.2) is 41.5 Å². The quantitative estimate of drug-likeness (QED) is 0.773. The van der Waals surface area contributed by atoms with Crippen LogP contribution in [0.1, 0.15) is 24.6 Å². The van der Waals surface area contributed by atoms with E-state index in [1.807, 2.05) is 6.20 Å². The van der Waals surface area contributed by atoms with Crippen molar-refractivity contribution >= 4 is 9.84 Å². The number of aromatic nitrogens is 3. The Morgan fingerprint density at radius 3 is 3.00 bits per heavy atom. The van der Waals surface area contributed by atoms with Gasteiger partial charge in [-0.2, -0.15) is 0 Å². The largest absolute Gasteiger partial charge is 0.330 e. The number of nitrogens with two attached hydrogens (primary N) is 1. The molecular weight excluding hydrogens is 228 g/mol. The fourth-order valence-corrected chi connectivity index (χ4v) is 3.58. The molecule has 0 aromatic carbocycles. The summed E-state index contributed by atoms with van der Waals surface area (Å²) in [5.41, 5.74) is 6.29. The summed E-state index contributed by atoms with van der Waals surface area (Å²) in [6.45, 7) is 0.630. The van der Waals surface area contributed by atoms with Crippen molar-refractivity contribution in [2.75, 3.05) is 18.1 Å². The Bertz CT molecular complexity index is 454. The van der Waals surface area contributed by atoms with Gasteiger partial charge in [0, 0.05) is 6.20 Å². The average Bonchev–Trinajstić information content (AvgIpc) is 2.81. The van der Waals surface area contributed by atoms with Crippen LogP contribution in [-0.2, 0) is 16.3 Å². The summed E-state index contributed by atoms with van der Waals surface area (Å²) in [4.78, 5) is 0. The number of nitrogens with zero attached hydrogens (tertiary/aromatic N) is 3. The van der Waals surface area contributed by atoms with E-state index in [1.165, 1.54) is 0 Å². The van der Waals surface area contributed by atoms with Gasteiger partial charge >= 0.3 is 0 Å². The molecule has 1 aliphatic rings. The van der Waals surface area contributed by atoms with Crippen LogP contribution in [0.3, 0.4) is 0 Å². The van der Waals surface area contributed by atoms with Crippen LogP contribution in [0.25, 0.3) is 0 Å². The van der Waals surface area contributed by atoms with Gasteiger partial charge in [-0.05, 0) is 25.8 Å².